The topological polar surface area (TPSA) is 55.9 Å². The number of halogens is 1. The first-order valence-electron chi connectivity index (χ1n) is 6.02. The molecule has 3 N–H and O–H groups in total. The molecular formula is C12H23ClN4. The Kier molecular flexibility index (Phi) is 4.98. The van der Waals surface area contributed by atoms with Gasteiger partial charge in [-0.25, -0.2) is 0 Å². The van der Waals surface area contributed by atoms with Crippen LogP contribution in [-0.4, -0.2) is 15.8 Å². The van der Waals surface area contributed by atoms with Crippen molar-refractivity contribution < 1.29 is 0 Å². The van der Waals surface area contributed by atoms with Gasteiger partial charge in [0, 0.05) is 18.7 Å². The van der Waals surface area contributed by atoms with Crippen LogP contribution >= 0.6 is 11.6 Å². The summed E-state index contributed by atoms with van der Waals surface area (Å²) in [5, 5.41) is 5.03. The summed E-state index contributed by atoms with van der Waals surface area (Å²) in [5.41, 5.74) is 4.97. The van der Waals surface area contributed by atoms with Crippen LogP contribution in [0.15, 0.2) is 0 Å². The molecule has 1 aromatic heterocycles. The van der Waals surface area contributed by atoms with Crippen LogP contribution in [0.2, 0.25) is 5.15 Å². The van der Waals surface area contributed by atoms with E-state index in [1.54, 1.807) is 4.68 Å². The Labute approximate surface area is 108 Å². The van der Waals surface area contributed by atoms with Crippen molar-refractivity contribution in [1.82, 2.24) is 15.2 Å². The zero-order valence-electron chi connectivity index (χ0n) is 11.3. The Morgan fingerprint density at radius 2 is 2.00 bits per heavy atom. The van der Waals surface area contributed by atoms with Crippen molar-refractivity contribution in [2.75, 3.05) is 0 Å². The molecular weight excluding hydrogens is 236 g/mol. The fourth-order valence-electron chi connectivity index (χ4n) is 1.99. The molecule has 4 nitrogen and oxygen atoms in total. The van der Waals surface area contributed by atoms with Gasteiger partial charge in [-0.2, -0.15) is 5.10 Å². The highest BCUT2D eigenvalue weighted by Crippen LogP contribution is 2.24. The van der Waals surface area contributed by atoms with Crippen molar-refractivity contribution >= 4 is 11.6 Å². The summed E-state index contributed by atoms with van der Waals surface area (Å²) in [4.78, 5) is 0. The third kappa shape index (κ3) is 3.21. The fraction of sp³-hybridized carbons (Fsp3) is 0.750. The van der Waals surface area contributed by atoms with Crippen LogP contribution in [0.1, 0.15) is 32.0 Å². The molecule has 0 spiro atoms. The van der Waals surface area contributed by atoms with Crippen LogP contribution in [0.25, 0.3) is 0 Å². The van der Waals surface area contributed by atoms with Crippen molar-refractivity contribution in [1.29, 1.82) is 0 Å². The molecule has 1 heterocycles. The molecule has 1 aromatic rings. The second-order valence-corrected chi connectivity index (χ2v) is 5.42. The highest BCUT2D eigenvalue weighted by molar-refractivity contribution is 6.30. The van der Waals surface area contributed by atoms with E-state index in [0.717, 1.165) is 17.7 Å². The molecule has 0 aliphatic heterocycles. The number of hydrazine groups is 1. The van der Waals surface area contributed by atoms with Crippen LogP contribution in [0.4, 0.5) is 0 Å². The number of hydrogen-bond acceptors (Lipinski definition) is 3. The maximum Gasteiger partial charge on any atom is 0.130 e. The van der Waals surface area contributed by atoms with Gasteiger partial charge < -0.3 is 0 Å². The predicted molar refractivity (Wildman–Crippen MR) is 71.8 cm³/mol. The molecule has 1 rings (SSSR count). The lowest BCUT2D eigenvalue weighted by atomic mass is 9.87. The van der Waals surface area contributed by atoms with Gasteiger partial charge >= 0.3 is 0 Å². The minimum Gasteiger partial charge on any atom is -0.271 e. The zero-order valence-corrected chi connectivity index (χ0v) is 12.0. The smallest absolute Gasteiger partial charge is 0.130 e. The van der Waals surface area contributed by atoms with Crippen LogP contribution in [0, 0.1) is 18.8 Å². The molecule has 0 aliphatic rings. The first kappa shape index (κ1) is 14.5. The molecule has 2 atom stereocenters. The number of aryl methyl sites for hydroxylation is 2. The van der Waals surface area contributed by atoms with Gasteiger partial charge in [-0.05, 0) is 25.2 Å². The van der Waals surface area contributed by atoms with Crippen LogP contribution in [0.3, 0.4) is 0 Å². The Bertz CT molecular complexity index is 373. The van der Waals surface area contributed by atoms with Crippen LogP contribution < -0.4 is 11.3 Å². The summed E-state index contributed by atoms with van der Waals surface area (Å²) < 4.78 is 1.71. The number of hydrogen-bond donors (Lipinski definition) is 2. The van der Waals surface area contributed by atoms with E-state index in [0.29, 0.717) is 17.0 Å². The van der Waals surface area contributed by atoms with E-state index in [-0.39, 0.29) is 6.04 Å². The Hall–Kier alpha value is -0.580. The molecule has 0 aromatic carbocycles. The first-order valence-corrected chi connectivity index (χ1v) is 6.40. The largest absolute Gasteiger partial charge is 0.271 e. The van der Waals surface area contributed by atoms with Gasteiger partial charge in [0.2, 0.25) is 0 Å². The lowest BCUT2D eigenvalue weighted by Gasteiger charge is -2.26. The lowest BCUT2D eigenvalue weighted by molar-refractivity contribution is 0.299. The van der Waals surface area contributed by atoms with E-state index in [1.165, 1.54) is 0 Å². The van der Waals surface area contributed by atoms with Crippen LogP contribution in [0.5, 0.6) is 0 Å². The van der Waals surface area contributed by atoms with Crippen LogP contribution in [-0.2, 0) is 13.5 Å². The van der Waals surface area contributed by atoms with E-state index < -0.39 is 0 Å². The number of aromatic nitrogens is 2. The first-order chi connectivity index (χ1) is 7.88. The van der Waals surface area contributed by atoms with E-state index in [9.17, 15) is 0 Å². The van der Waals surface area contributed by atoms with E-state index in [2.05, 4.69) is 31.3 Å². The summed E-state index contributed by atoms with van der Waals surface area (Å²) in [6.45, 7) is 8.59. The van der Waals surface area contributed by atoms with E-state index >= 15 is 0 Å². The number of nitrogens with two attached hydrogens (primary N) is 1. The summed E-state index contributed by atoms with van der Waals surface area (Å²) in [6, 6.07) is 0.218. The van der Waals surface area contributed by atoms with Gasteiger partial charge in [0.05, 0.1) is 5.69 Å². The normalized spacial score (nSPS) is 15.3. The van der Waals surface area contributed by atoms with Gasteiger partial charge in [-0.3, -0.25) is 16.0 Å². The second-order valence-electron chi connectivity index (χ2n) is 5.06. The molecule has 17 heavy (non-hydrogen) atoms. The number of nitrogens with zero attached hydrogens (tertiary/aromatic N) is 2. The molecule has 0 saturated carbocycles. The SMILES string of the molecule is Cc1nn(C)c(Cl)c1CC(NN)C(C)C(C)C. The highest BCUT2D eigenvalue weighted by atomic mass is 35.5. The van der Waals surface area contributed by atoms with E-state index in [4.69, 9.17) is 17.4 Å². The average Bonchev–Trinajstić information content (AvgIpc) is 2.50. The molecule has 0 saturated heterocycles. The molecule has 0 aliphatic carbocycles. The lowest BCUT2D eigenvalue weighted by Crippen LogP contribution is -2.43. The Morgan fingerprint density at radius 1 is 1.41 bits per heavy atom. The molecule has 0 amide bonds. The number of rotatable bonds is 5. The number of nitrogens with one attached hydrogen (secondary N) is 1. The molecule has 0 bridgehead atoms. The maximum atomic E-state index is 6.23. The molecule has 98 valence electrons. The summed E-state index contributed by atoms with van der Waals surface area (Å²) in [5.74, 6) is 6.70. The summed E-state index contributed by atoms with van der Waals surface area (Å²) in [6.07, 6.45) is 0.814. The predicted octanol–water partition coefficient (Wildman–Crippen LogP) is 2.05. The molecule has 0 radical (unpaired) electrons. The van der Waals surface area contributed by atoms with Crippen molar-refractivity contribution in [3.8, 4) is 0 Å². The van der Waals surface area contributed by atoms with Gasteiger partial charge in [0.1, 0.15) is 5.15 Å². The van der Waals surface area contributed by atoms with Crippen molar-refractivity contribution in [2.45, 2.75) is 40.2 Å². The van der Waals surface area contributed by atoms with Gasteiger partial charge in [-0.1, -0.05) is 32.4 Å². The molecule has 0 fully saturated rings. The standard InChI is InChI=1S/C12H23ClN4/c1-7(2)8(3)11(15-14)6-10-9(4)16-17(5)12(10)13/h7-8,11,15H,6,14H2,1-5H3. The average molecular weight is 259 g/mol. The third-order valence-corrected chi connectivity index (χ3v) is 4.07. The third-order valence-electron chi connectivity index (χ3n) is 3.59. The minimum absolute atomic E-state index is 0.218. The van der Waals surface area contributed by atoms with Gasteiger partial charge in [0.25, 0.3) is 0 Å². The Morgan fingerprint density at radius 3 is 2.35 bits per heavy atom. The highest BCUT2D eigenvalue weighted by Gasteiger charge is 2.22. The van der Waals surface area contributed by atoms with Crippen molar-refractivity contribution in [3.63, 3.8) is 0 Å². The van der Waals surface area contributed by atoms with E-state index in [1.807, 2.05) is 14.0 Å². The zero-order chi connectivity index (χ0) is 13.2. The fourth-order valence-corrected chi connectivity index (χ4v) is 2.24. The maximum absolute atomic E-state index is 6.23. The van der Waals surface area contributed by atoms with Gasteiger partial charge in [-0.15, -0.1) is 0 Å². The Balaban J connectivity index is 2.88. The van der Waals surface area contributed by atoms with Crippen molar-refractivity contribution in [3.05, 3.63) is 16.4 Å². The quantitative estimate of drug-likeness (QED) is 0.628. The van der Waals surface area contributed by atoms with Crippen molar-refractivity contribution in [2.24, 2.45) is 24.7 Å². The minimum atomic E-state index is 0.218. The summed E-state index contributed by atoms with van der Waals surface area (Å²) in [7, 11) is 1.86. The molecule has 5 heteroatoms. The summed E-state index contributed by atoms with van der Waals surface area (Å²) >= 11 is 6.23. The van der Waals surface area contributed by atoms with Gasteiger partial charge in [0.15, 0.2) is 0 Å². The second kappa shape index (κ2) is 5.85. The monoisotopic (exact) mass is 258 g/mol. The molecule has 2 unspecified atom stereocenters.